The van der Waals surface area contributed by atoms with Gasteiger partial charge in [0, 0.05) is 19.3 Å². The first-order valence-electron chi connectivity index (χ1n) is 7.14. The highest BCUT2D eigenvalue weighted by Gasteiger charge is 2.27. The third-order valence-electron chi connectivity index (χ3n) is 3.95. The number of hydrogen-bond donors (Lipinski definition) is 1. The zero-order valence-electron chi connectivity index (χ0n) is 11.8. The molecule has 7 nitrogen and oxygen atoms in total. The van der Waals surface area contributed by atoms with Crippen LogP contribution in [-0.2, 0) is 0 Å². The van der Waals surface area contributed by atoms with E-state index in [1.54, 1.807) is 6.33 Å². The Morgan fingerprint density at radius 1 is 1.38 bits per heavy atom. The third-order valence-corrected chi connectivity index (χ3v) is 3.95. The van der Waals surface area contributed by atoms with Gasteiger partial charge in [-0.25, -0.2) is 9.97 Å². The fraction of sp³-hybridized carbons (Fsp3) is 0.429. The van der Waals surface area contributed by atoms with Gasteiger partial charge in [-0.15, -0.1) is 0 Å². The Labute approximate surface area is 121 Å². The van der Waals surface area contributed by atoms with Crippen LogP contribution in [0.25, 0.3) is 11.0 Å². The van der Waals surface area contributed by atoms with Gasteiger partial charge in [-0.2, -0.15) is 4.98 Å². The van der Waals surface area contributed by atoms with Crippen LogP contribution in [0.5, 0.6) is 0 Å². The maximum Gasteiger partial charge on any atom is 0.231 e. The predicted octanol–water partition coefficient (Wildman–Crippen LogP) is 2.03. The minimum absolute atomic E-state index is 0.268. The Morgan fingerprint density at radius 3 is 3.19 bits per heavy atom. The molecule has 0 saturated carbocycles. The van der Waals surface area contributed by atoms with Crippen molar-refractivity contribution in [2.45, 2.75) is 25.7 Å². The second kappa shape index (κ2) is 4.83. The number of hydrogen-bond acceptors (Lipinski definition) is 6. The number of aromatic nitrogens is 5. The Balaban J connectivity index is 1.65. The van der Waals surface area contributed by atoms with Crippen molar-refractivity contribution in [3.05, 3.63) is 30.3 Å². The Bertz CT molecular complexity index is 764. The number of nitrogens with zero attached hydrogens (tertiary/aromatic N) is 5. The van der Waals surface area contributed by atoms with Crippen LogP contribution in [0.2, 0.25) is 0 Å². The molecule has 1 N–H and O–H groups in total. The molecule has 3 aromatic heterocycles. The normalized spacial score (nSPS) is 19.3. The summed E-state index contributed by atoms with van der Waals surface area (Å²) in [5.74, 6) is 2.67. The van der Waals surface area contributed by atoms with Gasteiger partial charge in [-0.1, -0.05) is 5.16 Å². The lowest BCUT2D eigenvalue weighted by Gasteiger charge is -2.32. The summed E-state index contributed by atoms with van der Waals surface area (Å²) < 4.78 is 5.33. The number of H-pyrrole nitrogens is 1. The number of fused-ring (bicyclic) bond motifs is 1. The summed E-state index contributed by atoms with van der Waals surface area (Å²) in [5, 5.41) is 4.95. The molecule has 1 fully saturated rings. The Kier molecular flexibility index (Phi) is 2.83. The van der Waals surface area contributed by atoms with E-state index in [9.17, 15) is 0 Å². The van der Waals surface area contributed by atoms with Crippen molar-refractivity contribution in [3.8, 4) is 0 Å². The van der Waals surface area contributed by atoms with Crippen LogP contribution in [0, 0.1) is 6.92 Å². The number of aryl methyl sites for hydroxylation is 1. The molecule has 1 saturated heterocycles. The molecule has 108 valence electrons. The van der Waals surface area contributed by atoms with Crippen molar-refractivity contribution < 1.29 is 4.52 Å². The lowest BCUT2D eigenvalue weighted by atomic mass is 9.98. The standard InChI is InChI=1S/C14H16N6O/c1-9-18-14(21-19-9)10-3-2-6-20(7-10)13-11-4-5-15-12(11)16-8-17-13/h4-5,8,10H,2-3,6-7H2,1H3,(H,15,16,17). The summed E-state index contributed by atoms with van der Waals surface area (Å²) in [6.07, 6.45) is 5.65. The quantitative estimate of drug-likeness (QED) is 0.775. The van der Waals surface area contributed by atoms with Crippen LogP contribution in [-0.4, -0.2) is 38.2 Å². The van der Waals surface area contributed by atoms with Crippen molar-refractivity contribution in [2.24, 2.45) is 0 Å². The fourth-order valence-corrected chi connectivity index (χ4v) is 2.96. The van der Waals surface area contributed by atoms with Crippen LogP contribution >= 0.6 is 0 Å². The average molecular weight is 284 g/mol. The second-order valence-corrected chi connectivity index (χ2v) is 5.40. The summed E-state index contributed by atoms with van der Waals surface area (Å²) >= 11 is 0. The molecule has 4 heterocycles. The summed E-state index contributed by atoms with van der Waals surface area (Å²) in [4.78, 5) is 18.5. The fourth-order valence-electron chi connectivity index (χ4n) is 2.96. The van der Waals surface area contributed by atoms with Gasteiger partial charge in [-0.3, -0.25) is 0 Å². The molecule has 1 aliphatic rings. The highest BCUT2D eigenvalue weighted by atomic mass is 16.5. The van der Waals surface area contributed by atoms with E-state index < -0.39 is 0 Å². The summed E-state index contributed by atoms with van der Waals surface area (Å²) in [6, 6.07) is 2.02. The molecule has 0 aromatic carbocycles. The van der Waals surface area contributed by atoms with E-state index in [0.29, 0.717) is 5.82 Å². The highest BCUT2D eigenvalue weighted by Crippen LogP contribution is 2.30. The Hall–Kier alpha value is -2.44. The number of nitrogens with one attached hydrogen (secondary N) is 1. The van der Waals surface area contributed by atoms with E-state index in [4.69, 9.17) is 4.52 Å². The van der Waals surface area contributed by atoms with E-state index in [2.05, 4.69) is 30.0 Å². The molecule has 1 atom stereocenters. The maximum absolute atomic E-state index is 5.33. The third kappa shape index (κ3) is 2.14. The first-order valence-corrected chi connectivity index (χ1v) is 7.14. The molecular weight excluding hydrogens is 268 g/mol. The van der Waals surface area contributed by atoms with Gasteiger partial charge in [0.25, 0.3) is 0 Å². The molecule has 3 aromatic rings. The van der Waals surface area contributed by atoms with Gasteiger partial charge in [0.1, 0.15) is 17.8 Å². The highest BCUT2D eigenvalue weighted by molar-refractivity contribution is 5.87. The van der Waals surface area contributed by atoms with Gasteiger partial charge in [-0.05, 0) is 25.8 Å². The van der Waals surface area contributed by atoms with Crippen LogP contribution in [0.4, 0.5) is 5.82 Å². The molecule has 0 bridgehead atoms. The SMILES string of the molecule is Cc1noc(C2CCCN(c3ncnc4[nH]ccc34)C2)n1. The van der Waals surface area contributed by atoms with Crippen LogP contribution < -0.4 is 4.90 Å². The minimum Gasteiger partial charge on any atom is -0.355 e. The van der Waals surface area contributed by atoms with E-state index in [1.807, 2.05) is 19.2 Å². The van der Waals surface area contributed by atoms with E-state index in [-0.39, 0.29) is 5.92 Å². The molecule has 0 aliphatic carbocycles. The number of anilines is 1. The number of aromatic amines is 1. The van der Waals surface area contributed by atoms with Gasteiger partial charge >= 0.3 is 0 Å². The molecule has 0 spiro atoms. The average Bonchev–Trinajstić information content (AvgIpc) is 3.15. The maximum atomic E-state index is 5.33. The lowest BCUT2D eigenvalue weighted by Crippen LogP contribution is -2.35. The van der Waals surface area contributed by atoms with Gasteiger partial charge in [0.15, 0.2) is 5.82 Å². The molecule has 7 heteroatoms. The number of piperidine rings is 1. The monoisotopic (exact) mass is 284 g/mol. The molecular formula is C14H16N6O. The second-order valence-electron chi connectivity index (χ2n) is 5.40. The van der Waals surface area contributed by atoms with Crippen molar-refractivity contribution >= 4 is 16.9 Å². The topological polar surface area (TPSA) is 83.7 Å². The zero-order chi connectivity index (χ0) is 14.2. The van der Waals surface area contributed by atoms with Gasteiger partial charge in [0.2, 0.25) is 5.89 Å². The Morgan fingerprint density at radius 2 is 2.33 bits per heavy atom. The van der Waals surface area contributed by atoms with Crippen molar-refractivity contribution in [2.75, 3.05) is 18.0 Å². The first kappa shape index (κ1) is 12.3. The molecule has 4 rings (SSSR count). The summed E-state index contributed by atoms with van der Waals surface area (Å²) in [6.45, 7) is 3.68. The van der Waals surface area contributed by atoms with Crippen molar-refractivity contribution in [1.29, 1.82) is 0 Å². The van der Waals surface area contributed by atoms with E-state index in [1.165, 1.54) is 0 Å². The molecule has 1 unspecified atom stereocenters. The molecule has 0 amide bonds. The molecule has 1 aliphatic heterocycles. The smallest absolute Gasteiger partial charge is 0.231 e. The summed E-state index contributed by atoms with van der Waals surface area (Å²) in [7, 11) is 0. The van der Waals surface area contributed by atoms with Crippen molar-refractivity contribution in [3.63, 3.8) is 0 Å². The van der Waals surface area contributed by atoms with Gasteiger partial charge < -0.3 is 14.4 Å². The minimum atomic E-state index is 0.268. The zero-order valence-corrected chi connectivity index (χ0v) is 11.8. The lowest BCUT2D eigenvalue weighted by molar-refractivity contribution is 0.331. The van der Waals surface area contributed by atoms with Crippen LogP contribution in [0.1, 0.15) is 30.5 Å². The van der Waals surface area contributed by atoms with Crippen LogP contribution in [0.15, 0.2) is 23.1 Å². The van der Waals surface area contributed by atoms with E-state index in [0.717, 1.165) is 48.7 Å². The number of rotatable bonds is 2. The van der Waals surface area contributed by atoms with Crippen molar-refractivity contribution in [1.82, 2.24) is 25.1 Å². The molecule has 21 heavy (non-hydrogen) atoms. The largest absolute Gasteiger partial charge is 0.355 e. The predicted molar refractivity (Wildman–Crippen MR) is 77.1 cm³/mol. The van der Waals surface area contributed by atoms with E-state index >= 15 is 0 Å². The summed E-state index contributed by atoms with van der Waals surface area (Å²) in [5.41, 5.74) is 0.871. The molecule has 0 radical (unpaired) electrons. The van der Waals surface area contributed by atoms with Crippen LogP contribution in [0.3, 0.4) is 0 Å². The van der Waals surface area contributed by atoms with Gasteiger partial charge in [0.05, 0.1) is 11.3 Å². The first-order chi connectivity index (χ1) is 10.3.